The summed E-state index contributed by atoms with van der Waals surface area (Å²) in [6, 6.07) is 12.4. The largest absolute Gasteiger partial charge is 0.337 e. The van der Waals surface area contributed by atoms with Crippen molar-refractivity contribution < 1.29 is 9.18 Å². The highest BCUT2D eigenvalue weighted by Crippen LogP contribution is 2.29. The van der Waals surface area contributed by atoms with Gasteiger partial charge in [-0.15, -0.1) is 0 Å². The lowest BCUT2D eigenvalue weighted by Gasteiger charge is -2.06. The van der Waals surface area contributed by atoms with Crippen molar-refractivity contribution in [3.63, 3.8) is 0 Å². The maximum Gasteiger partial charge on any atom is 0.254 e. The molecule has 0 saturated heterocycles. The second kappa shape index (κ2) is 4.63. The first-order valence-corrected chi connectivity index (χ1v) is 7.06. The van der Waals surface area contributed by atoms with Gasteiger partial charge in [0.25, 0.3) is 5.91 Å². The van der Waals surface area contributed by atoms with Crippen molar-refractivity contribution in [3.05, 3.63) is 65.6 Å². The lowest BCUT2D eigenvalue weighted by atomic mass is 10.0. The van der Waals surface area contributed by atoms with Gasteiger partial charge in [-0.25, -0.2) is 4.39 Å². The van der Waals surface area contributed by atoms with Crippen molar-refractivity contribution in [2.75, 3.05) is 7.05 Å². The third kappa shape index (κ3) is 1.96. The van der Waals surface area contributed by atoms with Crippen LogP contribution in [-0.2, 0) is 6.54 Å². The zero-order chi connectivity index (χ0) is 15.3. The summed E-state index contributed by atoms with van der Waals surface area (Å²) in [4.78, 5) is 18.0. The molecule has 108 valence electrons. The summed E-state index contributed by atoms with van der Waals surface area (Å²) in [5.41, 5.74) is 4.41. The van der Waals surface area contributed by atoms with E-state index in [0.29, 0.717) is 12.1 Å². The monoisotopic (exact) mass is 292 g/mol. The van der Waals surface area contributed by atoms with Gasteiger partial charge < -0.3 is 4.90 Å². The van der Waals surface area contributed by atoms with Crippen LogP contribution in [0.5, 0.6) is 0 Å². The number of aromatic nitrogens is 1. The van der Waals surface area contributed by atoms with E-state index in [1.165, 1.54) is 12.1 Å². The molecule has 3 nitrogen and oxygen atoms in total. The molecule has 2 aromatic carbocycles. The molecule has 1 aliphatic rings. The fourth-order valence-corrected chi connectivity index (χ4v) is 2.90. The quantitative estimate of drug-likeness (QED) is 0.686. The van der Waals surface area contributed by atoms with E-state index in [0.717, 1.165) is 27.6 Å². The van der Waals surface area contributed by atoms with Crippen LogP contribution in [0.4, 0.5) is 4.39 Å². The molecule has 4 heteroatoms. The minimum Gasteiger partial charge on any atom is -0.337 e. The van der Waals surface area contributed by atoms with Crippen molar-refractivity contribution >= 4 is 16.8 Å². The Balaban J connectivity index is 1.81. The van der Waals surface area contributed by atoms with Crippen LogP contribution in [0.15, 0.2) is 48.7 Å². The highest BCUT2D eigenvalue weighted by Gasteiger charge is 2.24. The Hall–Kier alpha value is -2.75. The number of carbonyl (C=O) groups is 1. The molecular weight excluding hydrogens is 279 g/mol. The zero-order valence-electron chi connectivity index (χ0n) is 12.0. The van der Waals surface area contributed by atoms with Crippen LogP contribution < -0.4 is 0 Å². The third-order valence-electron chi connectivity index (χ3n) is 4.07. The van der Waals surface area contributed by atoms with Gasteiger partial charge in [0.05, 0.1) is 5.52 Å². The number of nitrogens with zero attached hydrogens (tertiary/aromatic N) is 2. The molecule has 1 amide bonds. The molecule has 0 aliphatic carbocycles. The van der Waals surface area contributed by atoms with Crippen molar-refractivity contribution in [1.82, 2.24) is 9.88 Å². The maximum atomic E-state index is 13.2. The number of fused-ring (bicyclic) bond motifs is 2. The van der Waals surface area contributed by atoms with Crippen LogP contribution in [0, 0.1) is 5.82 Å². The van der Waals surface area contributed by atoms with Gasteiger partial charge in [0.1, 0.15) is 5.82 Å². The van der Waals surface area contributed by atoms with Crippen LogP contribution in [0.3, 0.4) is 0 Å². The van der Waals surface area contributed by atoms with Gasteiger partial charge in [0.15, 0.2) is 0 Å². The fraction of sp³-hybridized carbons (Fsp3) is 0.111. The third-order valence-corrected chi connectivity index (χ3v) is 4.07. The lowest BCUT2D eigenvalue weighted by molar-refractivity contribution is 0.0816. The second-order valence-electron chi connectivity index (χ2n) is 5.59. The van der Waals surface area contributed by atoms with Gasteiger partial charge in [-0.3, -0.25) is 9.78 Å². The van der Waals surface area contributed by atoms with Crippen LogP contribution in [-0.4, -0.2) is 22.8 Å². The molecule has 0 N–H and O–H groups in total. The Morgan fingerprint density at radius 3 is 2.82 bits per heavy atom. The number of rotatable bonds is 1. The molecule has 0 saturated carbocycles. The summed E-state index contributed by atoms with van der Waals surface area (Å²) in [6.45, 7) is 0.633. The normalized spacial score (nSPS) is 13.7. The average Bonchev–Trinajstić information content (AvgIpc) is 2.81. The number of carbonyl (C=O) groups excluding carboxylic acids is 1. The van der Waals surface area contributed by atoms with E-state index in [2.05, 4.69) is 4.98 Å². The Labute approximate surface area is 127 Å². The molecule has 0 bridgehead atoms. The Morgan fingerprint density at radius 2 is 1.95 bits per heavy atom. The lowest BCUT2D eigenvalue weighted by Crippen LogP contribution is -2.17. The highest BCUT2D eigenvalue weighted by molar-refractivity contribution is 5.99. The molecule has 3 aromatic rings. The zero-order valence-corrected chi connectivity index (χ0v) is 12.0. The number of hydrogen-bond donors (Lipinski definition) is 0. The number of halogens is 1. The van der Waals surface area contributed by atoms with Crippen LogP contribution in [0.1, 0.15) is 15.9 Å². The molecule has 0 radical (unpaired) electrons. The van der Waals surface area contributed by atoms with Gasteiger partial charge in [-0.2, -0.15) is 0 Å². The van der Waals surface area contributed by atoms with E-state index in [4.69, 9.17) is 0 Å². The minimum absolute atomic E-state index is 0.0636. The first-order valence-electron chi connectivity index (χ1n) is 7.06. The number of benzene rings is 2. The Morgan fingerprint density at radius 1 is 1.09 bits per heavy atom. The molecule has 0 spiro atoms. The smallest absolute Gasteiger partial charge is 0.254 e. The van der Waals surface area contributed by atoms with Gasteiger partial charge in [-0.1, -0.05) is 6.07 Å². The van der Waals surface area contributed by atoms with Gasteiger partial charge in [0, 0.05) is 42.4 Å². The predicted octanol–water partition coefficient (Wildman–Crippen LogP) is 3.63. The first-order chi connectivity index (χ1) is 10.6. The van der Waals surface area contributed by atoms with E-state index >= 15 is 0 Å². The maximum absolute atomic E-state index is 13.2. The summed E-state index contributed by atoms with van der Waals surface area (Å²) in [6.07, 6.45) is 1.74. The topological polar surface area (TPSA) is 33.2 Å². The van der Waals surface area contributed by atoms with E-state index in [-0.39, 0.29) is 11.7 Å². The fourth-order valence-electron chi connectivity index (χ4n) is 2.90. The first kappa shape index (κ1) is 13.0. The second-order valence-corrected chi connectivity index (χ2v) is 5.59. The molecular formula is C18H13FN2O. The highest BCUT2D eigenvalue weighted by atomic mass is 19.1. The van der Waals surface area contributed by atoms with E-state index < -0.39 is 0 Å². The predicted molar refractivity (Wildman–Crippen MR) is 82.9 cm³/mol. The number of pyridine rings is 1. The van der Waals surface area contributed by atoms with Gasteiger partial charge >= 0.3 is 0 Å². The van der Waals surface area contributed by atoms with Crippen molar-refractivity contribution in [2.45, 2.75) is 6.54 Å². The molecule has 1 aromatic heterocycles. The van der Waals surface area contributed by atoms with Crippen molar-refractivity contribution in [2.24, 2.45) is 0 Å². The molecule has 0 fully saturated rings. The standard InChI is InChI=1S/C18H13FN2O/c1-21-10-14-6-11(3-5-16(14)18(21)22)13-7-12-2-4-15(19)8-17(12)20-9-13/h2-9H,10H2,1H3. The summed E-state index contributed by atoms with van der Waals surface area (Å²) < 4.78 is 13.2. The summed E-state index contributed by atoms with van der Waals surface area (Å²) in [5.74, 6) is -0.222. The van der Waals surface area contributed by atoms with Crippen LogP contribution in [0.25, 0.3) is 22.0 Å². The van der Waals surface area contributed by atoms with Crippen LogP contribution >= 0.6 is 0 Å². The SMILES string of the molecule is CN1Cc2cc(-c3cnc4cc(F)ccc4c3)ccc2C1=O. The molecule has 22 heavy (non-hydrogen) atoms. The van der Waals surface area contributed by atoms with E-state index in [1.54, 1.807) is 24.2 Å². The number of amides is 1. The van der Waals surface area contributed by atoms with Crippen molar-refractivity contribution in [3.8, 4) is 11.1 Å². The van der Waals surface area contributed by atoms with Gasteiger partial charge in [0.2, 0.25) is 0 Å². The van der Waals surface area contributed by atoms with E-state index in [9.17, 15) is 9.18 Å². The van der Waals surface area contributed by atoms with Crippen molar-refractivity contribution in [1.29, 1.82) is 0 Å². The van der Waals surface area contributed by atoms with E-state index in [1.807, 2.05) is 24.3 Å². The Kier molecular flexibility index (Phi) is 2.73. The van der Waals surface area contributed by atoms with Gasteiger partial charge in [-0.05, 0) is 41.5 Å². The Bertz CT molecular complexity index is 920. The minimum atomic E-state index is -0.285. The molecule has 0 unspecified atom stereocenters. The van der Waals surface area contributed by atoms with Crippen LogP contribution in [0.2, 0.25) is 0 Å². The molecule has 2 heterocycles. The summed E-state index contributed by atoms with van der Waals surface area (Å²) >= 11 is 0. The molecule has 0 atom stereocenters. The summed E-state index contributed by atoms with van der Waals surface area (Å²) in [5, 5.41) is 0.896. The molecule has 1 aliphatic heterocycles. The summed E-state index contributed by atoms with van der Waals surface area (Å²) in [7, 11) is 1.80. The molecule has 4 rings (SSSR count). The average molecular weight is 292 g/mol. The number of hydrogen-bond acceptors (Lipinski definition) is 2.